The van der Waals surface area contributed by atoms with E-state index in [0.717, 1.165) is 36.5 Å². The molecule has 1 atom stereocenters. The quantitative estimate of drug-likeness (QED) is 0.179. The summed E-state index contributed by atoms with van der Waals surface area (Å²) in [5.74, 6) is -2.33. The van der Waals surface area contributed by atoms with Gasteiger partial charge in [0.25, 0.3) is 0 Å². The maximum atomic E-state index is 13.7. The number of rotatable bonds is 15. The predicted octanol–water partition coefficient (Wildman–Crippen LogP) is 10.3. The minimum atomic E-state index is -1.46. The fraction of sp³-hybridized carbons (Fsp3) is 0.613. The van der Waals surface area contributed by atoms with E-state index in [0.29, 0.717) is 5.92 Å². The van der Waals surface area contributed by atoms with Crippen molar-refractivity contribution < 1.29 is 17.9 Å². The van der Waals surface area contributed by atoms with E-state index in [4.69, 9.17) is 4.74 Å². The van der Waals surface area contributed by atoms with Crippen LogP contribution in [0, 0.1) is 29.3 Å². The minimum Gasteiger partial charge on any atom is -0.486 e. The van der Waals surface area contributed by atoms with E-state index in [1.807, 2.05) is 30.3 Å². The van der Waals surface area contributed by atoms with Gasteiger partial charge in [0.1, 0.15) is 11.9 Å². The van der Waals surface area contributed by atoms with Crippen LogP contribution in [0.15, 0.2) is 42.5 Å². The molecule has 0 radical (unpaired) electrons. The number of unbranched alkanes of at least 4 members (excludes halogenated alkanes) is 7. The molecule has 1 unspecified atom stereocenters. The third kappa shape index (κ3) is 9.54. The molecule has 1 aliphatic carbocycles. The highest BCUT2D eigenvalue weighted by atomic mass is 19.2. The Balaban J connectivity index is 1.41. The molecule has 2 aromatic rings. The molecule has 1 fully saturated rings. The summed E-state index contributed by atoms with van der Waals surface area (Å²) in [6.07, 6.45) is 19.0. The molecule has 1 aliphatic rings. The van der Waals surface area contributed by atoms with Gasteiger partial charge in [-0.3, -0.25) is 0 Å². The molecule has 0 heterocycles. The van der Waals surface area contributed by atoms with Gasteiger partial charge in [0.2, 0.25) is 0 Å². The first-order valence-corrected chi connectivity index (χ1v) is 13.9. The van der Waals surface area contributed by atoms with Crippen molar-refractivity contribution in [1.82, 2.24) is 0 Å². The van der Waals surface area contributed by atoms with Crippen LogP contribution in [0.25, 0.3) is 0 Å². The Morgan fingerprint density at radius 1 is 0.743 bits per heavy atom. The molecule has 0 aliphatic heterocycles. The smallest absolute Gasteiger partial charge is 0.194 e. The van der Waals surface area contributed by atoms with Crippen LogP contribution in [0.1, 0.15) is 115 Å². The summed E-state index contributed by atoms with van der Waals surface area (Å²) in [4.78, 5) is 0. The zero-order chi connectivity index (χ0) is 24.9. The van der Waals surface area contributed by atoms with E-state index in [9.17, 15) is 13.2 Å². The average molecular weight is 489 g/mol. The van der Waals surface area contributed by atoms with Crippen LogP contribution >= 0.6 is 0 Å². The van der Waals surface area contributed by atoms with Gasteiger partial charge in [-0.2, -0.15) is 0 Å². The van der Waals surface area contributed by atoms with Gasteiger partial charge in [0.05, 0.1) is 0 Å². The summed E-state index contributed by atoms with van der Waals surface area (Å²) in [6, 6.07) is 11.6. The summed E-state index contributed by atoms with van der Waals surface area (Å²) in [6.45, 7) is 2.27. The summed E-state index contributed by atoms with van der Waals surface area (Å²) in [5.41, 5.74) is 0.973. The summed E-state index contributed by atoms with van der Waals surface area (Å²) in [5, 5.41) is 0. The Morgan fingerprint density at radius 3 is 1.89 bits per heavy atom. The van der Waals surface area contributed by atoms with Crippen LogP contribution in [0.4, 0.5) is 13.2 Å². The molecule has 0 saturated heterocycles. The van der Waals surface area contributed by atoms with Crippen molar-refractivity contribution in [1.29, 1.82) is 0 Å². The first-order chi connectivity index (χ1) is 17.1. The number of hydrogen-bond acceptors (Lipinski definition) is 1. The highest BCUT2D eigenvalue weighted by Crippen LogP contribution is 2.37. The minimum absolute atomic E-state index is 0.0318. The van der Waals surface area contributed by atoms with Crippen LogP contribution < -0.4 is 4.74 Å². The molecule has 0 aromatic heterocycles. The van der Waals surface area contributed by atoms with Crippen molar-refractivity contribution in [2.45, 2.75) is 109 Å². The third-order valence-corrected chi connectivity index (χ3v) is 7.68. The zero-order valence-electron chi connectivity index (χ0n) is 21.4. The molecule has 0 amide bonds. The Bertz CT molecular complexity index is 823. The molecular formula is C31H43F3O. The standard InChI is InChI=1S/C31H43F3O/c1-2-3-4-5-6-7-8-10-13-24-16-18-25(19-17-24)20-21-30(26-14-11-9-12-15-26)35-27-22-28(32)31(34)29(33)23-27/h9,11-12,14-15,22-25,30H,2-8,10,13,16-21H2,1H3. The third-order valence-electron chi connectivity index (χ3n) is 7.68. The van der Waals surface area contributed by atoms with E-state index in [-0.39, 0.29) is 11.9 Å². The summed E-state index contributed by atoms with van der Waals surface area (Å²) >= 11 is 0. The highest BCUT2D eigenvalue weighted by Gasteiger charge is 2.23. The second kappa shape index (κ2) is 15.2. The van der Waals surface area contributed by atoms with Crippen molar-refractivity contribution >= 4 is 0 Å². The van der Waals surface area contributed by atoms with Gasteiger partial charge in [-0.05, 0) is 30.2 Å². The number of benzene rings is 2. The molecule has 0 spiro atoms. The van der Waals surface area contributed by atoms with Crippen molar-refractivity contribution in [3.8, 4) is 5.75 Å². The Labute approximate surface area is 210 Å². The van der Waals surface area contributed by atoms with Crippen molar-refractivity contribution in [3.63, 3.8) is 0 Å². The van der Waals surface area contributed by atoms with Crippen LogP contribution in [0.3, 0.4) is 0 Å². The van der Waals surface area contributed by atoms with Gasteiger partial charge < -0.3 is 4.74 Å². The van der Waals surface area contributed by atoms with Crippen LogP contribution in [0.5, 0.6) is 5.75 Å². The molecule has 0 bridgehead atoms. The number of halogens is 3. The van der Waals surface area contributed by atoms with E-state index in [1.54, 1.807) is 0 Å². The number of hydrogen-bond donors (Lipinski definition) is 0. The normalized spacial score (nSPS) is 19.0. The monoisotopic (exact) mass is 488 g/mol. The summed E-state index contributed by atoms with van der Waals surface area (Å²) in [7, 11) is 0. The maximum absolute atomic E-state index is 13.7. The van der Waals surface area contributed by atoms with Gasteiger partial charge >= 0.3 is 0 Å². The lowest BCUT2D eigenvalue weighted by atomic mass is 9.77. The molecule has 1 saturated carbocycles. The molecule has 0 N–H and O–H groups in total. The number of ether oxygens (including phenoxy) is 1. The van der Waals surface area contributed by atoms with Gasteiger partial charge in [0, 0.05) is 12.1 Å². The van der Waals surface area contributed by atoms with Crippen LogP contribution in [0.2, 0.25) is 0 Å². The Hall–Kier alpha value is -1.97. The first-order valence-electron chi connectivity index (χ1n) is 13.9. The fourth-order valence-corrected chi connectivity index (χ4v) is 5.49. The Kier molecular flexibility index (Phi) is 12.0. The van der Waals surface area contributed by atoms with Gasteiger partial charge in [-0.15, -0.1) is 0 Å². The molecule has 35 heavy (non-hydrogen) atoms. The molecule has 2 aromatic carbocycles. The second-order valence-electron chi connectivity index (χ2n) is 10.4. The van der Waals surface area contributed by atoms with E-state index in [1.165, 1.54) is 83.5 Å². The van der Waals surface area contributed by atoms with E-state index < -0.39 is 17.5 Å². The second-order valence-corrected chi connectivity index (χ2v) is 10.4. The molecule has 1 nitrogen and oxygen atoms in total. The fourth-order valence-electron chi connectivity index (χ4n) is 5.49. The van der Waals surface area contributed by atoms with Gasteiger partial charge in [-0.1, -0.05) is 121 Å². The van der Waals surface area contributed by atoms with Crippen molar-refractivity contribution in [2.75, 3.05) is 0 Å². The van der Waals surface area contributed by atoms with E-state index >= 15 is 0 Å². The zero-order valence-corrected chi connectivity index (χ0v) is 21.4. The van der Waals surface area contributed by atoms with Gasteiger partial charge in [0.15, 0.2) is 17.5 Å². The molecular weight excluding hydrogens is 445 g/mol. The topological polar surface area (TPSA) is 9.23 Å². The van der Waals surface area contributed by atoms with E-state index in [2.05, 4.69) is 6.92 Å². The Morgan fingerprint density at radius 2 is 1.29 bits per heavy atom. The lowest BCUT2D eigenvalue weighted by Gasteiger charge is -2.30. The van der Waals surface area contributed by atoms with Crippen molar-refractivity contribution in [2.24, 2.45) is 11.8 Å². The van der Waals surface area contributed by atoms with Crippen LogP contribution in [-0.2, 0) is 0 Å². The lowest BCUT2D eigenvalue weighted by Crippen LogP contribution is -2.17. The van der Waals surface area contributed by atoms with Crippen molar-refractivity contribution in [3.05, 3.63) is 65.5 Å². The predicted molar refractivity (Wildman–Crippen MR) is 138 cm³/mol. The molecule has 3 rings (SSSR count). The lowest BCUT2D eigenvalue weighted by molar-refractivity contribution is 0.166. The molecule has 4 heteroatoms. The SMILES string of the molecule is CCCCCCCCCCC1CCC(CCC(Oc2cc(F)c(F)c(F)c2)c2ccccc2)CC1. The summed E-state index contributed by atoms with van der Waals surface area (Å²) < 4.78 is 46.8. The largest absolute Gasteiger partial charge is 0.486 e. The highest BCUT2D eigenvalue weighted by molar-refractivity contribution is 5.27. The maximum Gasteiger partial charge on any atom is 0.194 e. The van der Waals surface area contributed by atoms with Gasteiger partial charge in [-0.25, -0.2) is 13.2 Å². The van der Waals surface area contributed by atoms with Crippen LogP contribution in [-0.4, -0.2) is 0 Å². The first kappa shape index (κ1) is 27.6. The molecule has 194 valence electrons. The average Bonchev–Trinajstić information content (AvgIpc) is 2.88.